The highest BCUT2D eigenvalue weighted by Gasteiger charge is 2.20. The van der Waals surface area contributed by atoms with E-state index in [4.69, 9.17) is 9.15 Å². The van der Waals surface area contributed by atoms with E-state index < -0.39 is 6.09 Å². The molecule has 0 bridgehead atoms. The first kappa shape index (κ1) is 19.6. The average Bonchev–Trinajstić information content (AvgIpc) is 3.09. The molecular formula is C20H26N2O4. The first-order valence-corrected chi connectivity index (χ1v) is 8.85. The van der Waals surface area contributed by atoms with Crippen LogP contribution in [0.2, 0.25) is 0 Å². The Morgan fingerprint density at radius 2 is 1.88 bits per heavy atom. The fraction of sp³-hybridized carbons (Fsp3) is 0.400. The van der Waals surface area contributed by atoms with Crippen molar-refractivity contribution in [1.82, 2.24) is 10.6 Å². The predicted octanol–water partition coefficient (Wildman–Crippen LogP) is 3.84. The molecule has 0 saturated carbocycles. The molecule has 1 aromatic carbocycles. The monoisotopic (exact) mass is 358 g/mol. The number of carbonyl (C=O) groups is 2. The molecule has 1 aromatic heterocycles. The van der Waals surface area contributed by atoms with Crippen molar-refractivity contribution in [3.05, 3.63) is 48.4 Å². The number of carbonyl (C=O) groups excluding carboxylic acids is 2. The Kier molecular flexibility index (Phi) is 7.26. The SMILES string of the molecule is CCOC(=O)N[C@@H](CNC(=O)c1occc1-c1ccccc1)CC(C)C. The maximum Gasteiger partial charge on any atom is 0.407 e. The van der Waals surface area contributed by atoms with Crippen LogP contribution in [0.1, 0.15) is 37.7 Å². The lowest BCUT2D eigenvalue weighted by atomic mass is 10.0. The molecule has 2 aromatic rings. The van der Waals surface area contributed by atoms with E-state index in [-0.39, 0.29) is 17.7 Å². The third kappa shape index (κ3) is 5.65. The normalized spacial score (nSPS) is 11.8. The second-order valence-electron chi connectivity index (χ2n) is 6.43. The number of rotatable bonds is 8. The minimum Gasteiger partial charge on any atom is -0.459 e. The smallest absolute Gasteiger partial charge is 0.407 e. The molecule has 26 heavy (non-hydrogen) atoms. The molecule has 6 nitrogen and oxygen atoms in total. The Labute approximate surface area is 153 Å². The summed E-state index contributed by atoms with van der Waals surface area (Å²) >= 11 is 0. The van der Waals surface area contributed by atoms with Crippen LogP contribution < -0.4 is 10.6 Å². The Morgan fingerprint density at radius 1 is 1.15 bits per heavy atom. The van der Waals surface area contributed by atoms with Gasteiger partial charge in [0.25, 0.3) is 5.91 Å². The van der Waals surface area contributed by atoms with E-state index in [0.717, 1.165) is 17.5 Å². The molecule has 2 N–H and O–H groups in total. The summed E-state index contributed by atoms with van der Waals surface area (Å²) in [5.74, 6) is 0.311. The number of ether oxygens (including phenoxy) is 1. The number of furan rings is 1. The Morgan fingerprint density at radius 3 is 2.54 bits per heavy atom. The van der Waals surface area contributed by atoms with E-state index in [1.54, 1.807) is 13.0 Å². The zero-order valence-corrected chi connectivity index (χ0v) is 15.5. The average molecular weight is 358 g/mol. The molecule has 2 rings (SSSR count). The lowest BCUT2D eigenvalue weighted by molar-refractivity contribution is 0.0918. The van der Waals surface area contributed by atoms with Gasteiger partial charge in [-0.3, -0.25) is 4.79 Å². The van der Waals surface area contributed by atoms with Gasteiger partial charge in [0.2, 0.25) is 0 Å². The van der Waals surface area contributed by atoms with Crippen LogP contribution >= 0.6 is 0 Å². The molecule has 0 saturated heterocycles. The summed E-state index contributed by atoms with van der Waals surface area (Å²) in [7, 11) is 0. The summed E-state index contributed by atoms with van der Waals surface area (Å²) in [6.07, 6.45) is 1.75. The summed E-state index contributed by atoms with van der Waals surface area (Å²) in [5, 5.41) is 5.63. The predicted molar refractivity (Wildman–Crippen MR) is 99.9 cm³/mol. The van der Waals surface area contributed by atoms with Gasteiger partial charge in [0.15, 0.2) is 5.76 Å². The number of hydrogen-bond acceptors (Lipinski definition) is 4. The van der Waals surface area contributed by atoms with E-state index in [2.05, 4.69) is 24.5 Å². The molecule has 6 heteroatoms. The van der Waals surface area contributed by atoms with Gasteiger partial charge in [-0.2, -0.15) is 0 Å². The molecule has 0 aliphatic heterocycles. The topological polar surface area (TPSA) is 80.6 Å². The number of benzene rings is 1. The first-order valence-electron chi connectivity index (χ1n) is 8.85. The second-order valence-corrected chi connectivity index (χ2v) is 6.43. The molecule has 0 spiro atoms. The molecule has 2 amide bonds. The third-order valence-corrected chi connectivity index (χ3v) is 3.82. The first-order chi connectivity index (χ1) is 12.5. The lowest BCUT2D eigenvalue weighted by Crippen LogP contribution is -2.44. The summed E-state index contributed by atoms with van der Waals surface area (Å²) in [6, 6.07) is 11.1. The summed E-state index contributed by atoms with van der Waals surface area (Å²) in [6.45, 7) is 6.47. The van der Waals surface area contributed by atoms with Crippen LogP contribution in [0.4, 0.5) is 4.79 Å². The maximum absolute atomic E-state index is 12.6. The minimum absolute atomic E-state index is 0.215. The van der Waals surface area contributed by atoms with Crippen LogP contribution in [0.5, 0.6) is 0 Å². The van der Waals surface area contributed by atoms with Crippen LogP contribution in [-0.2, 0) is 4.74 Å². The molecule has 0 aliphatic carbocycles. The van der Waals surface area contributed by atoms with Crippen molar-refractivity contribution in [3.63, 3.8) is 0 Å². The van der Waals surface area contributed by atoms with Gasteiger partial charge in [-0.05, 0) is 30.9 Å². The van der Waals surface area contributed by atoms with Gasteiger partial charge < -0.3 is 19.8 Å². The molecule has 0 fully saturated rings. The number of amides is 2. The molecule has 1 heterocycles. The molecule has 0 radical (unpaired) electrons. The standard InChI is InChI=1S/C20H26N2O4/c1-4-25-20(24)22-16(12-14(2)3)13-21-19(23)18-17(10-11-26-18)15-8-6-5-7-9-15/h5-11,14,16H,4,12-13H2,1-3H3,(H,21,23)(H,22,24)/t16-/m1/s1. The van der Waals surface area contributed by atoms with Crippen LogP contribution in [0.25, 0.3) is 11.1 Å². The van der Waals surface area contributed by atoms with E-state index in [1.165, 1.54) is 6.26 Å². The molecule has 1 atom stereocenters. The van der Waals surface area contributed by atoms with Crippen molar-refractivity contribution in [2.24, 2.45) is 5.92 Å². The highest BCUT2D eigenvalue weighted by atomic mass is 16.5. The summed E-state index contributed by atoms with van der Waals surface area (Å²) in [5.41, 5.74) is 1.65. The van der Waals surface area contributed by atoms with Gasteiger partial charge in [0.1, 0.15) is 0 Å². The van der Waals surface area contributed by atoms with Crippen LogP contribution in [-0.4, -0.2) is 31.2 Å². The largest absolute Gasteiger partial charge is 0.459 e. The molecule has 140 valence electrons. The minimum atomic E-state index is -0.477. The molecule has 0 aliphatic rings. The van der Waals surface area contributed by atoms with Crippen LogP contribution in [0.3, 0.4) is 0 Å². The highest BCUT2D eigenvalue weighted by molar-refractivity contribution is 5.98. The van der Waals surface area contributed by atoms with Crippen molar-refractivity contribution in [3.8, 4) is 11.1 Å². The van der Waals surface area contributed by atoms with E-state index in [1.807, 2.05) is 30.3 Å². The van der Waals surface area contributed by atoms with E-state index in [9.17, 15) is 9.59 Å². The fourth-order valence-corrected chi connectivity index (χ4v) is 2.73. The third-order valence-electron chi connectivity index (χ3n) is 3.82. The number of hydrogen-bond donors (Lipinski definition) is 2. The molecular weight excluding hydrogens is 332 g/mol. The summed E-state index contributed by atoms with van der Waals surface area (Å²) < 4.78 is 10.3. The van der Waals surface area contributed by atoms with Gasteiger partial charge in [-0.15, -0.1) is 0 Å². The molecule has 0 unspecified atom stereocenters. The maximum atomic E-state index is 12.6. The Bertz CT molecular complexity index is 710. The van der Waals surface area contributed by atoms with Crippen LogP contribution in [0.15, 0.2) is 47.1 Å². The number of alkyl carbamates (subject to hydrolysis) is 1. The van der Waals surface area contributed by atoms with Crippen molar-refractivity contribution in [1.29, 1.82) is 0 Å². The van der Waals surface area contributed by atoms with E-state index in [0.29, 0.717) is 19.1 Å². The second kappa shape index (κ2) is 9.65. The zero-order chi connectivity index (χ0) is 18.9. The van der Waals surface area contributed by atoms with Crippen molar-refractivity contribution >= 4 is 12.0 Å². The van der Waals surface area contributed by atoms with Crippen molar-refractivity contribution in [2.75, 3.05) is 13.2 Å². The Balaban J connectivity index is 2.02. The van der Waals surface area contributed by atoms with Gasteiger partial charge in [-0.1, -0.05) is 44.2 Å². The fourth-order valence-electron chi connectivity index (χ4n) is 2.73. The number of nitrogens with one attached hydrogen (secondary N) is 2. The van der Waals surface area contributed by atoms with E-state index >= 15 is 0 Å². The summed E-state index contributed by atoms with van der Waals surface area (Å²) in [4.78, 5) is 24.2. The van der Waals surface area contributed by atoms with Crippen molar-refractivity contribution in [2.45, 2.75) is 33.2 Å². The van der Waals surface area contributed by atoms with Gasteiger partial charge in [-0.25, -0.2) is 4.79 Å². The van der Waals surface area contributed by atoms with Crippen molar-refractivity contribution < 1.29 is 18.7 Å². The Hall–Kier alpha value is -2.76. The quantitative estimate of drug-likeness (QED) is 0.751. The highest BCUT2D eigenvalue weighted by Crippen LogP contribution is 2.24. The lowest BCUT2D eigenvalue weighted by Gasteiger charge is -2.20. The van der Waals surface area contributed by atoms with Gasteiger partial charge in [0.05, 0.1) is 12.9 Å². The van der Waals surface area contributed by atoms with Crippen LogP contribution in [0, 0.1) is 5.92 Å². The van der Waals surface area contributed by atoms with Gasteiger partial charge >= 0.3 is 6.09 Å². The zero-order valence-electron chi connectivity index (χ0n) is 15.5. The van der Waals surface area contributed by atoms with Gasteiger partial charge in [0, 0.05) is 18.2 Å².